The van der Waals surface area contributed by atoms with Crippen LogP contribution in [0, 0.1) is 5.92 Å². The molecule has 1 aliphatic heterocycles. The van der Waals surface area contributed by atoms with Gasteiger partial charge in [-0.1, -0.05) is 13.8 Å². The van der Waals surface area contributed by atoms with Crippen LogP contribution in [-0.2, 0) is 9.53 Å². The molecule has 0 N–H and O–H groups in total. The van der Waals surface area contributed by atoms with Gasteiger partial charge in [0.25, 0.3) is 0 Å². The van der Waals surface area contributed by atoms with Gasteiger partial charge in [0.15, 0.2) is 6.10 Å². The van der Waals surface area contributed by atoms with Crippen LogP contribution in [0.4, 0.5) is 0 Å². The van der Waals surface area contributed by atoms with Gasteiger partial charge in [0, 0.05) is 24.3 Å². The van der Waals surface area contributed by atoms with Crippen LogP contribution in [0.1, 0.15) is 55.7 Å². The van der Waals surface area contributed by atoms with Crippen LogP contribution in [0.3, 0.4) is 0 Å². The summed E-state index contributed by atoms with van der Waals surface area (Å²) in [6, 6.07) is 3.80. The Morgan fingerprint density at radius 1 is 1.38 bits per heavy atom. The molecule has 1 saturated carbocycles. The van der Waals surface area contributed by atoms with Gasteiger partial charge < -0.3 is 18.5 Å². The number of morpholine rings is 1. The highest BCUT2D eigenvalue weighted by atomic mass is 16.5. The fraction of sp³-hybridized carbons (Fsp3) is 0.588. The lowest BCUT2D eigenvalue weighted by Crippen LogP contribution is -2.43. The van der Waals surface area contributed by atoms with Gasteiger partial charge in [-0.05, 0) is 18.6 Å². The number of carbonyl (C=O) groups is 1. The molecule has 0 aromatic carbocycles. The number of rotatable bonds is 4. The minimum atomic E-state index is -0.344. The quantitative estimate of drug-likeness (QED) is 0.856. The highest BCUT2D eigenvalue weighted by molar-refractivity contribution is 5.83. The van der Waals surface area contributed by atoms with Crippen LogP contribution in [-0.4, -0.2) is 40.7 Å². The summed E-state index contributed by atoms with van der Waals surface area (Å²) in [5.74, 6) is 2.51. The summed E-state index contributed by atoms with van der Waals surface area (Å²) in [6.07, 6.45) is 2.16. The molecule has 1 amide bonds. The maximum absolute atomic E-state index is 12.7. The van der Waals surface area contributed by atoms with E-state index in [9.17, 15) is 4.79 Å². The second kappa shape index (κ2) is 6.05. The van der Waals surface area contributed by atoms with Crippen LogP contribution in [0.5, 0.6) is 0 Å². The molecule has 3 atom stereocenters. The minimum Gasteiger partial charge on any atom is -0.469 e. The Bertz CT molecular complexity index is 709. The molecule has 1 aliphatic carbocycles. The van der Waals surface area contributed by atoms with Crippen LogP contribution in [0.2, 0.25) is 0 Å². The van der Waals surface area contributed by atoms with Crippen LogP contribution >= 0.6 is 0 Å². The normalized spacial score (nSPS) is 26.8. The molecule has 2 aromatic heterocycles. The Morgan fingerprint density at radius 3 is 2.96 bits per heavy atom. The zero-order chi connectivity index (χ0) is 16.7. The third kappa shape index (κ3) is 2.84. The topological polar surface area (TPSA) is 81.6 Å². The molecule has 2 aliphatic rings. The maximum Gasteiger partial charge on any atom is 0.247 e. The number of nitrogens with zero attached hydrogens (tertiary/aromatic N) is 3. The summed E-state index contributed by atoms with van der Waals surface area (Å²) in [5.41, 5.74) is 0. The van der Waals surface area contributed by atoms with Gasteiger partial charge in [0.1, 0.15) is 5.76 Å². The molecular formula is C17H21N3O4. The molecule has 4 rings (SSSR count). The Balaban J connectivity index is 1.40. The summed E-state index contributed by atoms with van der Waals surface area (Å²) in [5, 5.41) is 8.12. The van der Waals surface area contributed by atoms with Crippen molar-refractivity contribution in [3.63, 3.8) is 0 Å². The molecule has 0 bridgehead atoms. The number of hydrogen-bond donors (Lipinski definition) is 0. The van der Waals surface area contributed by atoms with E-state index in [1.54, 1.807) is 6.26 Å². The van der Waals surface area contributed by atoms with Crippen molar-refractivity contribution < 1.29 is 18.4 Å². The number of furan rings is 1. The van der Waals surface area contributed by atoms with Gasteiger partial charge in [0.2, 0.25) is 17.7 Å². The van der Waals surface area contributed by atoms with Gasteiger partial charge in [-0.25, -0.2) is 0 Å². The summed E-state index contributed by atoms with van der Waals surface area (Å²) in [4.78, 5) is 14.6. The van der Waals surface area contributed by atoms with Crippen molar-refractivity contribution >= 4 is 5.91 Å². The Hall–Kier alpha value is -2.15. The molecule has 128 valence electrons. The fourth-order valence-electron chi connectivity index (χ4n) is 3.13. The first-order valence-electron chi connectivity index (χ1n) is 8.40. The zero-order valence-corrected chi connectivity index (χ0v) is 13.8. The van der Waals surface area contributed by atoms with Gasteiger partial charge in [-0.15, -0.1) is 10.2 Å². The van der Waals surface area contributed by atoms with E-state index < -0.39 is 0 Å². The van der Waals surface area contributed by atoms with E-state index in [1.165, 1.54) is 0 Å². The predicted molar refractivity (Wildman–Crippen MR) is 83.2 cm³/mol. The number of aromatic nitrogens is 2. The number of ether oxygens (including phenoxy) is 1. The highest BCUT2D eigenvalue weighted by Crippen LogP contribution is 2.48. The monoisotopic (exact) mass is 331 g/mol. The molecule has 2 aromatic rings. The van der Waals surface area contributed by atoms with Gasteiger partial charge in [-0.2, -0.15) is 0 Å². The average molecular weight is 331 g/mol. The van der Waals surface area contributed by atoms with Crippen molar-refractivity contribution in [1.29, 1.82) is 0 Å². The molecule has 1 saturated heterocycles. The van der Waals surface area contributed by atoms with Crippen molar-refractivity contribution in [2.75, 3.05) is 19.7 Å². The maximum atomic E-state index is 12.7. The van der Waals surface area contributed by atoms with E-state index in [0.717, 1.165) is 12.2 Å². The SMILES string of the molecule is CC(C)c1nnc([C@@H]2CN(C(=O)[C@@H]3C[C@H]3c3ccco3)CCO2)o1. The smallest absolute Gasteiger partial charge is 0.247 e. The van der Waals surface area contributed by atoms with E-state index in [2.05, 4.69) is 10.2 Å². The lowest BCUT2D eigenvalue weighted by molar-refractivity contribution is -0.141. The number of hydrogen-bond acceptors (Lipinski definition) is 6. The molecule has 0 radical (unpaired) electrons. The van der Waals surface area contributed by atoms with Crippen molar-refractivity contribution in [3.05, 3.63) is 35.9 Å². The summed E-state index contributed by atoms with van der Waals surface area (Å²) in [6.45, 7) is 5.53. The van der Waals surface area contributed by atoms with Crippen molar-refractivity contribution in [2.24, 2.45) is 5.92 Å². The third-order valence-electron chi connectivity index (χ3n) is 4.62. The zero-order valence-electron chi connectivity index (χ0n) is 13.8. The van der Waals surface area contributed by atoms with Gasteiger partial charge in [-0.3, -0.25) is 4.79 Å². The minimum absolute atomic E-state index is 0.0174. The summed E-state index contributed by atoms with van der Waals surface area (Å²) >= 11 is 0. The van der Waals surface area contributed by atoms with Crippen LogP contribution in [0.15, 0.2) is 27.2 Å². The number of amides is 1. The van der Waals surface area contributed by atoms with Crippen molar-refractivity contribution in [1.82, 2.24) is 15.1 Å². The molecule has 3 heterocycles. The third-order valence-corrected chi connectivity index (χ3v) is 4.62. The average Bonchev–Trinajstić information content (AvgIpc) is 3.03. The largest absolute Gasteiger partial charge is 0.469 e. The van der Waals surface area contributed by atoms with Crippen molar-refractivity contribution in [3.8, 4) is 0 Å². The van der Waals surface area contributed by atoms with Crippen molar-refractivity contribution in [2.45, 2.75) is 38.2 Å². The highest BCUT2D eigenvalue weighted by Gasteiger charge is 2.48. The van der Waals surface area contributed by atoms with Gasteiger partial charge >= 0.3 is 0 Å². The molecule has 7 nitrogen and oxygen atoms in total. The Labute approximate surface area is 140 Å². The predicted octanol–water partition coefficient (Wildman–Crippen LogP) is 2.49. The first-order chi connectivity index (χ1) is 11.6. The first-order valence-corrected chi connectivity index (χ1v) is 8.40. The van der Waals surface area contributed by atoms with E-state index in [4.69, 9.17) is 13.6 Å². The Morgan fingerprint density at radius 2 is 2.25 bits per heavy atom. The first kappa shape index (κ1) is 15.4. The molecule has 24 heavy (non-hydrogen) atoms. The fourth-order valence-corrected chi connectivity index (χ4v) is 3.13. The second-order valence-corrected chi connectivity index (χ2v) is 6.74. The van der Waals surface area contributed by atoms with Crippen LogP contribution < -0.4 is 0 Å². The molecular weight excluding hydrogens is 310 g/mol. The second-order valence-electron chi connectivity index (χ2n) is 6.74. The molecule has 7 heteroatoms. The van der Waals surface area contributed by atoms with E-state index >= 15 is 0 Å². The lowest BCUT2D eigenvalue weighted by Gasteiger charge is -2.31. The summed E-state index contributed by atoms with van der Waals surface area (Å²) in [7, 11) is 0. The van der Waals surface area contributed by atoms with E-state index in [0.29, 0.717) is 31.5 Å². The van der Waals surface area contributed by atoms with E-state index in [1.807, 2.05) is 30.9 Å². The molecule has 0 spiro atoms. The molecule has 0 unspecified atom stereocenters. The standard InChI is InChI=1S/C17H21N3O4/c1-10(2)15-18-19-16(24-15)14-9-20(5-7-23-14)17(21)12-8-11(12)13-4-3-6-22-13/h3-4,6,10-12,14H,5,7-9H2,1-2H3/t11-,12-,14+/m1/s1. The van der Waals surface area contributed by atoms with Crippen LogP contribution in [0.25, 0.3) is 0 Å². The lowest BCUT2D eigenvalue weighted by atomic mass is 10.2. The Kier molecular flexibility index (Phi) is 3.88. The molecule has 2 fully saturated rings. The van der Waals surface area contributed by atoms with E-state index in [-0.39, 0.29) is 29.8 Å². The van der Waals surface area contributed by atoms with Gasteiger partial charge in [0.05, 0.1) is 19.4 Å². The number of carbonyl (C=O) groups excluding carboxylic acids is 1. The summed E-state index contributed by atoms with van der Waals surface area (Å²) < 4.78 is 16.8.